The molecule has 0 atom stereocenters. The van der Waals surface area contributed by atoms with Crippen molar-refractivity contribution in [2.45, 2.75) is 25.0 Å². The van der Waals surface area contributed by atoms with Gasteiger partial charge in [0.25, 0.3) is 5.91 Å². The van der Waals surface area contributed by atoms with E-state index < -0.39 is 0 Å². The van der Waals surface area contributed by atoms with Gasteiger partial charge in [0.2, 0.25) is 0 Å². The number of benzene rings is 2. The standard InChI is InChI=1S/C23H28N2O4/c1-27-20-10-6-7-18(22(20)28-2)15-24-13-11-23(12-14-24)17-25(21(26)16-29-23)19-8-4-3-5-9-19/h3-10H,11-17H2,1-2H3. The van der Waals surface area contributed by atoms with Gasteiger partial charge in [0.15, 0.2) is 11.5 Å². The van der Waals surface area contributed by atoms with Crippen LogP contribution in [0.25, 0.3) is 0 Å². The number of methoxy groups -OCH3 is 2. The number of para-hydroxylation sites is 2. The van der Waals surface area contributed by atoms with Gasteiger partial charge >= 0.3 is 0 Å². The first-order valence-corrected chi connectivity index (χ1v) is 10.1. The molecule has 1 amide bonds. The van der Waals surface area contributed by atoms with E-state index in [0.717, 1.165) is 55.2 Å². The summed E-state index contributed by atoms with van der Waals surface area (Å²) in [4.78, 5) is 16.7. The molecule has 4 rings (SSSR count). The molecule has 29 heavy (non-hydrogen) atoms. The van der Waals surface area contributed by atoms with Crippen LogP contribution in [0.1, 0.15) is 18.4 Å². The van der Waals surface area contributed by atoms with Crippen molar-refractivity contribution in [1.82, 2.24) is 4.90 Å². The molecule has 2 fully saturated rings. The lowest BCUT2D eigenvalue weighted by molar-refractivity contribution is -0.145. The largest absolute Gasteiger partial charge is 0.493 e. The fraction of sp³-hybridized carbons (Fsp3) is 0.435. The Morgan fingerprint density at radius 2 is 1.76 bits per heavy atom. The predicted octanol–water partition coefficient (Wildman–Crippen LogP) is 3.10. The van der Waals surface area contributed by atoms with E-state index in [1.54, 1.807) is 14.2 Å². The molecular weight excluding hydrogens is 368 g/mol. The summed E-state index contributed by atoms with van der Waals surface area (Å²) in [6.07, 6.45) is 1.80. The van der Waals surface area contributed by atoms with Crippen molar-refractivity contribution >= 4 is 11.6 Å². The summed E-state index contributed by atoms with van der Waals surface area (Å²) in [6, 6.07) is 15.9. The maximum Gasteiger partial charge on any atom is 0.253 e. The molecule has 1 spiro atoms. The van der Waals surface area contributed by atoms with Crippen molar-refractivity contribution in [3.8, 4) is 11.5 Å². The van der Waals surface area contributed by atoms with E-state index in [1.807, 2.05) is 47.4 Å². The van der Waals surface area contributed by atoms with Crippen molar-refractivity contribution in [3.63, 3.8) is 0 Å². The fourth-order valence-corrected chi connectivity index (χ4v) is 4.30. The summed E-state index contributed by atoms with van der Waals surface area (Å²) < 4.78 is 17.1. The maximum atomic E-state index is 12.4. The molecule has 2 heterocycles. The number of likely N-dealkylation sites (tertiary alicyclic amines) is 1. The van der Waals surface area contributed by atoms with Gasteiger partial charge in [0, 0.05) is 30.9 Å². The molecule has 0 aliphatic carbocycles. The van der Waals surface area contributed by atoms with E-state index in [1.165, 1.54) is 0 Å². The third kappa shape index (κ3) is 4.09. The van der Waals surface area contributed by atoms with E-state index in [0.29, 0.717) is 6.54 Å². The van der Waals surface area contributed by atoms with E-state index in [2.05, 4.69) is 11.0 Å². The molecule has 0 saturated carbocycles. The SMILES string of the molecule is COc1cccc(CN2CCC3(CC2)CN(c2ccccc2)C(=O)CO3)c1OC. The Morgan fingerprint density at radius 1 is 1.00 bits per heavy atom. The molecule has 6 heteroatoms. The molecule has 0 N–H and O–H groups in total. The number of ether oxygens (including phenoxy) is 3. The average molecular weight is 396 g/mol. The molecule has 2 saturated heterocycles. The second-order valence-electron chi connectivity index (χ2n) is 7.72. The topological polar surface area (TPSA) is 51.2 Å². The second-order valence-corrected chi connectivity index (χ2v) is 7.72. The monoisotopic (exact) mass is 396 g/mol. The number of hydrogen-bond acceptors (Lipinski definition) is 5. The molecule has 2 aliphatic heterocycles. The van der Waals surface area contributed by atoms with E-state index in [9.17, 15) is 4.79 Å². The number of amides is 1. The Balaban J connectivity index is 1.42. The number of anilines is 1. The summed E-state index contributed by atoms with van der Waals surface area (Å²) in [5.41, 5.74) is 1.80. The molecule has 0 radical (unpaired) electrons. The first-order chi connectivity index (χ1) is 14.1. The lowest BCUT2D eigenvalue weighted by Crippen LogP contribution is -2.58. The minimum atomic E-state index is -0.265. The van der Waals surface area contributed by atoms with E-state index in [-0.39, 0.29) is 18.1 Å². The Hall–Kier alpha value is -2.57. The lowest BCUT2D eigenvalue weighted by Gasteiger charge is -2.47. The van der Waals surface area contributed by atoms with Crippen LogP contribution in [0.3, 0.4) is 0 Å². The number of morpholine rings is 1. The normalized spacial score (nSPS) is 19.4. The molecule has 0 aromatic heterocycles. The van der Waals surface area contributed by atoms with Gasteiger partial charge in [-0.3, -0.25) is 9.69 Å². The molecule has 0 unspecified atom stereocenters. The number of carbonyl (C=O) groups excluding carboxylic acids is 1. The number of rotatable bonds is 5. The lowest BCUT2D eigenvalue weighted by atomic mass is 9.88. The highest BCUT2D eigenvalue weighted by Gasteiger charge is 2.42. The van der Waals surface area contributed by atoms with Gasteiger partial charge in [-0.15, -0.1) is 0 Å². The first-order valence-electron chi connectivity index (χ1n) is 10.1. The quantitative estimate of drug-likeness (QED) is 0.777. The van der Waals surface area contributed by atoms with Crippen LogP contribution in [0.5, 0.6) is 11.5 Å². The summed E-state index contributed by atoms with van der Waals surface area (Å²) >= 11 is 0. The highest BCUT2D eigenvalue weighted by molar-refractivity contribution is 5.95. The van der Waals surface area contributed by atoms with Gasteiger partial charge in [0.05, 0.1) is 26.4 Å². The van der Waals surface area contributed by atoms with Crippen LogP contribution in [0, 0.1) is 0 Å². The van der Waals surface area contributed by atoms with Crippen LogP contribution in [-0.2, 0) is 16.1 Å². The van der Waals surface area contributed by atoms with Gasteiger partial charge in [-0.1, -0.05) is 30.3 Å². The number of hydrogen-bond donors (Lipinski definition) is 0. The van der Waals surface area contributed by atoms with Gasteiger partial charge < -0.3 is 19.1 Å². The van der Waals surface area contributed by atoms with Crippen molar-refractivity contribution in [2.24, 2.45) is 0 Å². The Labute approximate surface area is 172 Å². The maximum absolute atomic E-state index is 12.4. The van der Waals surface area contributed by atoms with Crippen molar-refractivity contribution in [2.75, 3.05) is 45.4 Å². The number of carbonyl (C=O) groups is 1. The van der Waals surface area contributed by atoms with Gasteiger partial charge in [-0.25, -0.2) is 0 Å². The Kier molecular flexibility index (Phi) is 5.74. The summed E-state index contributed by atoms with van der Waals surface area (Å²) in [5, 5.41) is 0. The average Bonchev–Trinajstić information content (AvgIpc) is 2.77. The molecule has 2 aromatic carbocycles. The fourth-order valence-electron chi connectivity index (χ4n) is 4.30. The third-order valence-electron chi connectivity index (χ3n) is 5.96. The van der Waals surface area contributed by atoms with Crippen LogP contribution in [0.4, 0.5) is 5.69 Å². The number of piperidine rings is 1. The Bertz CT molecular complexity index is 847. The molecule has 154 valence electrons. The summed E-state index contributed by atoms with van der Waals surface area (Å²) in [7, 11) is 3.34. The van der Waals surface area contributed by atoms with E-state index in [4.69, 9.17) is 14.2 Å². The van der Waals surface area contributed by atoms with Crippen molar-refractivity contribution in [1.29, 1.82) is 0 Å². The molecular formula is C23H28N2O4. The zero-order valence-electron chi connectivity index (χ0n) is 17.1. The molecule has 2 aromatic rings. The van der Waals surface area contributed by atoms with Gasteiger partial charge in [0.1, 0.15) is 6.61 Å². The first kappa shape index (κ1) is 19.7. The minimum absolute atomic E-state index is 0.0328. The predicted molar refractivity (Wildman–Crippen MR) is 112 cm³/mol. The van der Waals surface area contributed by atoms with Crippen LogP contribution >= 0.6 is 0 Å². The van der Waals surface area contributed by atoms with Crippen LogP contribution in [0.2, 0.25) is 0 Å². The third-order valence-corrected chi connectivity index (χ3v) is 5.96. The van der Waals surface area contributed by atoms with Crippen molar-refractivity contribution < 1.29 is 19.0 Å². The minimum Gasteiger partial charge on any atom is -0.493 e. The summed E-state index contributed by atoms with van der Waals surface area (Å²) in [5.74, 6) is 1.58. The smallest absolute Gasteiger partial charge is 0.253 e. The zero-order chi connectivity index (χ0) is 20.3. The highest BCUT2D eigenvalue weighted by Crippen LogP contribution is 2.35. The zero-order valence-corrected chi connectivity index (χ0v) is 17.1. The summed E-state index contributed by atoms with van der Waals surface area (Å²) in [6.45, 7) is 3.40. The van der Waals surface area contributed by atoms with Gasteiger partial charge in [-0.05, 0) is 31.0 Å². The van der Waals surface area contributed by atoms with E-state index >= 15 is 0 Å². The molecule has 0 bridgehead atoms. The second kappa shape index (κ2) is 8.43. The number of nitrogens with zero attached hydrogens (tertiary/aromatic N) is 2. The van der Waals surface area contributed by atoms with Crippen molar-refractivity contribution in [3.05, 3.63) is 54.1 Å². The molecule has 6 nitrogen and oxygen atoms in total. The molecule has 2 aliphatic rings. The van der Waals surface area contributed by atoms with Gasteiger partial charge in [-0.2, -0.15) is 0 Å². The van der Waals surface area contributed by atoms with Crippen LogP contribution in [0.15, 0.2) is 48.5 Å². The highest BCUT2D eigenvalue weighted by atomic mass is 16.5. The van der Waals surface area contributed by atoms with Crippen LogP contribution in [-0.4, -0.2) is 56.9 Å². The van der Waals surface area contributed by atoms with Crippen LogP contribution < -0.4 is 14.4 Å². The Morgan fingerprint density at radius 3 is 2.45 bits per heavy atom.